The maximum absolute atomic E-state index is 11.6. The maximum Gasteiger partial charge on any atom is 0.252 e. The predicted molar refractivity (Wildman–Crippen MR) is 70.4 cm³/mol. The monoisotopic (exact) mass is 268 g/mol. The summed E-state index contributed by atoms with van der Waals surface area (Å²) in [6, 6.07) is 8.69. The van der Waals surface area contributed by atoms with Crippen LogP contribution in [-0.2, 0) is 6.54 Å². The highest BCUT2D eigenvalue weighted by Gasteiger charge is 2.04. The molecule has 1 aromatic heterocycles. The van der Waals surface area contributed by atoms with Gasteiger partial charge in [0.15, 0.2) is 0 Å². The Morgan fingerprint density at radius 2 is 1.88 bits per heavy atom. The van der Waals surface area contributed by atoms with Crippen molar-refractivity contribution in [1.29, 1.82) is 0 Å². The van der Waals surface area contributed by atoms with Crippen molar-refractivity contribution in [2.24, 2.45) is 5.73 Å². The lowest BCUT2D eigenvalue weighted by Gasteiger charge is -2.04. The van der Waals surface area contributed by atoms with Crippen molar-refractivity contribution < 1.29 is 0 Å². The Hall–Kier alpha value is -1.29. The van der Waals surface area contributed by atoms with Crippen molar-refractivity contribution in [3.63, 3.8) is 0 Å². The molecule has 0 aliphatic carbocycles. The van der Waals surface area contributed by atoms with E-state index in [9.17, 15) is 4.79 Å². The molecule has 0 unspecified atom stereocenters. The quantitative estimate of drug-likeness (QED) is 0.880. The highest BCUT2D eigenvalue weighted by molar-refractivity contribution is 6.42. The molecule has 2 aromatic rings. The van der Waals surface area contributed by atoms with Crippen LogP contribution >= 0.6 is 23.2 Å². The number of halogens is 2. The molecule has 0 aliphatic rings. The third kappa shape index (κ3) is 2.52. The third-order valence-electron chi connectivity index (χ3n) is 2.44. The Kier molecular flexibility index (Phi) is 3.52. The normalized spacial score (nSPS) is 10.5. The predicted octanol–water partition coefficient (Wildman–Crippen LogP) is 2.81. The van der Waals surface area contributed by atoms with Gasteiger partial charge in [0.2, 0.25) is 0 Å². The van der Waals surface area contributed by atoms with Gasteiger partial charge in [-0.1, -0.05) is 35.3 Å². The molecule has 2 rings (SSSR count). The van der Waals surface area contributed by atoms with E-state index in [0.717, 1.165) is 5.56 Å². The van der Waals surface area contributed by atoms with Crippen LogP contribution in [0.5, 0.6) is 0 Å². The summed E-state index contributed by atoms with van der Waals surface area (Å²) in [4.78, 5) is 14.4. The van der Waals surface area contributed by atoms with Gasteiger partial charge < -0.3 is 10.7 Å². The molecule has 0 fully saturated rings. The third-order valence-corrected chi connectivity index (χ3v) is 3.18. The molecule has 0 saturated carbocycles. The molecule has 0 radical (unpaired) electrons. The number of rotatable bonds is 2. The molecule has 1 heterocycles. The Balaban J connectivity index is 2.50. The molecular weight excluding hydrogens is 259 g/mol. The fourth-order valence-corrected chi connectivity index (χ4v) is 1.79. The SMILES string of the molecule is NCc1ccc(-c2ccc(Cl)c(Cl)c2)[nH]c1=O. The summed E-state index contributed by atoms with van der Waals surface area (Å²) < 4.78 is 0. The Morgan fingerprint density at radius 3 is 2.47 bits per heavy atom. The number of H-pyrrole nitrogens is 1. The number of benzene rings is 1. The summed E-state index contributed by atoms with van der Waals surface area (Å²) in [7, 11) is 0. The van der Waals surface area contributed by atoms with Gasteiger partial charge in [-0.05, 0) is 23.8 Å². The highest BCUT2D eigenvalue weighted by atomic mass is 35.5. The van der Waals surface area contributed by atoms with Gasteiger partial charge in [0.05, 0.1) is 10.0 Å². The summed E-state index contributed by atoms with van der Waals surface area (Å²) in [5, 5.41) is 0.934. The molecule has 3 N–H and O–H groups in total. The minimum atomic E-state index is -0.184. The summed E-state index contributed by atoms with van der Waals surface area (Å²) in [6.45, 7) is 0.219. The molecule has 0 atom stereocenters. The van der Waals surface area contributed by atoms with E-state index in [0.29, 0.717) is 21.3 Å². The fraction of sp³-hybridized carbons (Fsp3) is 0.0833. The van der Waals surface area contributed by atoms with Crippen molar-refractivity contribution >= 4 is 23.2 Å². The van der Waals surface area contributed by atoms with E-state index in [1.807, 2.05) is 0 Å². The lowest BCUT2D eigenvalue weighted by Crippen LogP contribution is -2.15. The summed E-state index contributed by atoms with van der Waals surface area (Å²) in [5.74, 6) is 0. The summed E-state index contributed by atoms with van der Waals surface area (Å²) >= 11 is 11.7. The second-order valence-electron chi connectivity index (χ2n) is 3.56. The Bertz CT molecular complexity index is 608. The molecule has 0 saturated heterocycles. The number of hydrogen-bond donors (Lipinski definition) is 2. The van der Waals surface area contributed by atoms with Crippen LogP contribution in [0.1, 0.15) is 5.56 Å². The van der Waals surface area contributed by atoms with Crippen LogP contribution in [0, 0.1) is 0 Å². The first-order valence-corrected chi connectivity index (χ1v) is 5.75. The van der Waals surface area contributed by atoms with E-state index in [-0.39, 0.29) is 12.1 Å². The number of aromatic nitrogens is 1. The molecule has 0 aliphatic heterocycles. The average Bonchev–Trinajstić information content (AvgIpc) is 2.32. The van der Waals surface area contributed by atoms with Crippen LogP contribution in [0.4, 0.5) is 0 Å². The van der Waals surface area contributed by atoms with E-state index < -0.39 is 0 Å². The first-order valence-electron chi connectivity index (χ1n) is 4.99. The van der Waals surface area contributed by atoms with Gasteiger partial charge in [-0.3, -0.25) is 4.79 Å². The number of hydrogen-bond acceptors (Lipinski definition) is 2. The van der Waals surface area contributed by atoms with Crippen molar-refractivity contribution in [2.75, 3.05) is 0 Å². The standard InChI is InChI=1S/C12H10Cl2N2O/c13-9-3-1-7(5-10(9)14)11-4-2-8(6-15)12(17)16-11/h1-5H,6,15H2,(H,16,17). The fourth-order valence-electron chi connectivity index (χ4n) is 1.50. The van der Waals surface area contributed by atoms with E-state index in [1.165, 1.54) is 0 Å². The number of aromatic amines is 1. The zero-order valence-corrected chi connectivity index (χ0v) is 10.3. The van der Waals surface area contributed by atoms with Crippen LogP contribution in [-0.4, -0.2) is 4.98 Å². The molecule has 3 nitrogen and oxygen atoms in total. The van der Waals surface area contributed by atoms with Gasteiger partial charge in [-0.25, -0.2) is 0 Å². The first kappa shape index (κ1) is 12.2. The van der Waals surface area contributed by atoms with Gasteiger partial charge in [0, 0.05) is 17.8 Å². The van der Waals surface area contributed by atoms with Crippen LogP contribution in [0.2, 0.25) is 10.0 Å². The molecule has 88 valence electrons. The number of nitrogens with one attached hydrogen (secondary N) is 1. The second-order valence-corrected chi connectivity index (χ2v) is 4.37. The lowest BCUT2D eigenvalue weighted by atomic mass is 10.1. The van der Waals surface area contributed by atoms with Gasteiger partial charge in [0.25, 0.3) is 5.56 Å². The second kappa shape index (κ2) is 4.92. The van der Waals surface area contributed by atoms with E-state index in [4.69, 9.17) is 28.9 Å². The minimum Gasteiger partial charge on any atom is -0.326 e. The van der Waals surface area contributed by atoms with Crippen LogP contribution in [0.15, 0.2) is 35.1 Å². The van der Waals surface area contributed by atoms with Crippen LogP contribution < -0.4 is 11.3 Å². The zero-order chi connectivity index (χ0) is 12.4. The van der Waals surface area contributed by atoms with E-state index in [1.54, 1.807) is 30.3 Å². The molecule has 17 heavy (non-hydrogen) atoms. The van der Waals surface area contributed by atoms with Crippen LogP contribution in [0.25, 0.3) is 11.3 Å². The Labute approximate surface area is 108 Å². The van der Waals surface area contributed by atoms with Crippen molar-refractivity contribution in [1.82, 2.24) is 4.98 Å². The molecular formula is C12H10Cl2N2O. The van der Waals surface area contributed by atoms with Crippen molar-refractivity contribution in [3.8, 4) is 11.3 Å². The molecule has 5 heteroatoms. The summed E-state index contributed by atoms with van der Waals surface area (Å²) in [5.41, 5.74) is 7.28. The average molecular weight is 269 g/mol. The maximum atomic E-state index is 11.6. The number of nitrogens with two attached hydrogens (primary N) is 1. The minimum absolute atomic E-state index is 0.184. The van der Waals surface area contributed by atoms with Gasteiger partial charge >= 0.3 is 0 Å². The highest BCUT2D eigenvalue weighted by Crippen LogP contribution is 2.27. The van der Waals surface area contributed by atoms with Gasteiger partial charge in [-0.2, -0.15) is 0 Å². The molecule has 0 amide bonds. The van der Waals surface area contributed by atoms with E-state index >= 15 is 0 Å². The van der Waals surface area contributed by atoms with Gasteiger partial charge in [-0.15, -0.1) is 0 Å². The van der Waals surface area contributed by atoms with E-state index in [2.05, 4.69) is 4.98 Å². The molecule has 0 bridgehead atoms. The smallest absolute Gasteiger partial charge is 0.252 e. The molecule has 1 aromatic carbocycles. The van der Waals surface area contributed by atoms with Crippen molar-refractivity contribution in [2.45, 2.75) is 6.54 Å². The largest absolute Gasteiger partial charge is 0.326 e. The van der Waals surface area contributed by atoms with Crippen LogP contribution in [0.3, 0.4) is 0 Å². The molecule has 0 spiro atoms. The Morgan fingerprint density at radius 1 is 1.12 bits per heavy atom. The first-order chi connectivity index (χ1) is 8.11. The summed E-state index contributed by atoms with van der Waals surface area (Å²) in [6.07, 6.45) is 0. The topological polar surface area (TPSA) is 58.9 Å². The van der Waals surface area contributed by atoms with Gasteiger partial charge in [0.1, 0.15) is 0 Å². The number of pyridine rings is 1. The lowest BCUT2D eigenvalue weighted by molar-refractivity contribution is 1.02. The zero-order valence-electron chi connectivity index (χ0n) is 8.84. The van der Waals surface area contributed by atoms with Crippen molar-refractivity contribution in [3.05, 3.63) is 56.3 Å².